The SMILES string of the molecule is C[C@@H](CN1CCCC1)C(=O)c1ccccc1. The fourth-order valence-corrected chi connectivity index (χ4v) is 2.32. The molecule has 1 saturated heterocycles. The molecule has 1 aromatic rings. The van der Waals surface area contributed by atoms with Crippen LogP contribution in [0.2, 0.25) is 0 Å². The summed E-state index contributed by atoms with van der Waals surface area (Å²) in [5.74, 6) is 0.382. The Morgan fingerprint density at radius 1 is 1.25 bits per heavy atom. The molecule has 0 spiro atoms. The van der Waals surface area contributed by atoms with Crippen molar-refractivity contribution in [1.82, 2.24) is 4.90 Å². The summed E-state index contributed by atoms with van der Waals surface area (Å²) in [4.78, 5) is 14.5. The predicted octanol–water partition coefficient (Wildman–Crippen LogP) is 2.60. The van der Waals surface area contributed by atoms with Crippen LogP contribution < -0.4 is 0 Å². The molecule has 1 aliphatic rings. The first-order valence-corrected chi connectivity index (χ1v) is 6.09. The van der Waals surface area contributed by atoms with Crippen molar-refractivity contribution in [2.45, 2.75) is 19.8 Å². The van der Waals surface area contributed by atoms with Crippen molar-refractivity contribution in [2.75, 3.05) is 19.6 Å². The van der Waals surface area contributed by atoms with Crippen LogP contribution in [-0.4, -0.2) is 30.3 Å². The van der Waals surface area contributed by atoms with Gasteiger partial charge in [-0.15, -0.1) is 0 Å². The number of likely N-dealkylation sites (tertiary alicyclic amines) is 1. The molecule has 1 fully saturated rings. The molecule has 0 saturated carbocycles. The summed E-state index contributed by atoms with van der Waals surface area (Å²) < 4.78 is 0. The molecular weight excluding hydrogens is 198 g/mol. The number of hydrogen-bond acceptors (Lipinski definition) is 2. The molecule has 0 unspecified atom stereocenters. The van der Waals surface area contributed by atoms with Crippen molar-refractivity contribution in [2.24, 2.45) is 5.92 Å². The lowest BCUT2D eigenvalue weighted by atomic mass is 9.99. The van der Waals surface area contributed by atoms with Crippen molar-refractivity contribution < 1.29 is 4.79 Å². The van der Waals surface area contributed by atoms with Gasteiger partial charge >= 0.3 is 0 Å². The highest BCUT2D eigenvalue weighted by atomic mass is 16.1. The number of rotatable bonds is 4. The third-order valence-electron chi connectivity index (χ3n) is 3.24. The van der Waals surface area contributed by atoms with Gasteiger partial charge in [-0.05, 0) is 25.9 Å². The zero-order valence-corrected chi connectivity index (χ0v) is 9.86. The fourth-order valence-electron chi connectivity index (χ4n) is 2.32. The van der Waals surface area contributed by atoms with Gasteiger partial charge in [-0.25, -0.2) is 0 Å². The quantitative estimate of drug-likeness (QED) is 0.722. The molecule has 0 aliphatic carbocycles. The zero-order chi connectivity index (χ0) is 11.4. The Morgan fingerprint density at radius 2 is 1.88 bits per heavy atom. The second-order valence-electron chi connectivity index (χ2n) is 4.64. The molecular formula is C14H19NO. The molecule has 2 rings (SSSR count). The van der Waals surface area contributed by atoms with E-state index in [-0.39, 0.29) is 11.7 Å². The summed E-state index contributed by atoms with van der Waals surface area (Å²) in [6, 6.07) is 9.61. The second-order valence-corrected chi connectivity index (χ2v) is 4.64. The maximum Gasteiger partial charge on any atom is 0.166 e. The van der Waals surface area contributed by atoms with Crippen molar-refractivity contribution in [3.8, 4) is 0 Å². The minimum absolute atomic E-state index is 0.112. The molecule has 1 atom stereocenters. The van der Waals surface area contributed by atoms with Crippen molar-refractivity contribution in [1.29, 1.82) is 0 Å². The molecule has 0 aromatic heterocycles. The lowest BCUT2D eigenvalue weighted by molar-refractivity contribution is 0.0903. The average Bonchev–Trinajstić information content (AvgIpc) is 2.82. The van der Waals surface area contributed by atoms with Crippen molar-refractivity contribution >= 4 is 5.78 Å². The van der Waals surface area contributed by atoms with Gasteiger partial charge in [0, 0.05) is 18.0 Å². The first kappa shape index (κ1) is 11.3. The van der Waals surface area contributed by atoms with Gasteiger partial charge in [-0.2, -0.15) is 0 Å². The average molecular weight is 217 g/mol. The van der Waals surface area contributed by atoms with Crippen LogP contribution in [0, 0.1) is 5.92 Å². The number of ketones is 1. The Kier molecular flexibility index (Phi) is 3.73. The number of Topliss-reactive ketones (excluding diaryl/α,β-unsaturated/α-hetero) is 1. The van der Waals surface area contributed by atoms with Crippen LogP contribution in [-0.2, 0) is 0 Å². The zero-order valence-electron chi connectivity index (χ0n) is 9.86. The number of nitrogens with zero attached hydrogens (tertiary/aromatic N) is 1. The summed E-state index contributed by atoms with van der Waals surface area (Å²) in [5, 5.41) is 0. The normalized spacial score (nSPS) is 18.6. The summed E-state index contributed by atoms with van der Waals surface area (Å²) in [7, 11) is 0. The minimum atomic E-state index is 0.112. The van der Waals surface area contributed by atoms with Gasteiger partial charge in [0.1, 0.15) is 0 Å². The van der Waals surface area contributed by atoms with Gasteiger partial charge in [0.25, 0.3) is 0 Å². The molecule has 1 heterocycles. The van der Waals surface area contributed by atoms with E-state index in [2.05, 4.69) is 4.90 Å². The monoisotopic (exact) mass is 217 g/mol. The van der Waals surface area contributed by atoms with Gasteiger partial charge in [-0.3, -0.25) is 4.79 Å². The number of hydrogen-bond donors (Lipinski definition) is 0. The summed E-state index contributed by atoms with van der Waals surface area (Å²) >= 11 is 0. The van der Waals surface area contributed by atoms with E-state index >= 15 is 0 Å². The Labute approximate surface area is 97.3 Å². The highest BCUT2D eigenvalue weighted by Gasteiger charge is 2.20. The van der Waals surface area contributed by atoms with Crippen LogP contribution in [0.15, 0.2) is 30.3 Å². The third-order valence-corrected chi connectivity index (χ3v) is 3.24. The maximum absolute atomic E-state index is 12.1. The Hall–Kier alpha value is -1.15. The standard InChI is InChI=1S/C14H19NO/c1-12(11-15-9-5-6-10-15)14(16)13-7-3-2-4-8-13/h2-4,7-8,12H,5-6,9-11H2,1H3/t12-/m0/s1. The minimum Gasteiger partial charge on any atom is -0.303 e. The molecule has 0 bridgehead atoms. The summed E-state index contributed by atoms with van der Waals surface area (Å²) in [6.45, 7) is 5.26. The smallest absolute Gasteiger partial charge is 0.166 e. The van der Waals surface area contributed by atoms with Crippen molar-refractivity contribution in [3.63, 3.8) is 0 Å². The van der Waals surface area contributed by atoms with Crippen LogP contribution in [0.4, 0.5) is 0 Å². The number of carbonyl (C=O) groups excluding carboxylic acids is 1. The Balaban J connectivity index is 1.94. The van der Waals surface area contributed by atoms with Gasteiger partial charge in [0.15, 0.2) is 5.78 Å². The van der Waals surface area contributed by atoms with E-state index in [0.717, 1.165) is 25.2 Å². The van der Waals surface area contributed by atoms with Crippen LogP contribution in [0.3, 0.4) is 0 Å². The van der Waals surface area contributed by atoms with Gasteiger partial charge in [0.2, 0.25) is 0 Å². The molecule has 2 heteroatoms. The van der Waals surface area contributed by atoms with Crippen molar-refractivity contribution in [3.05, 3.63) is 35.9 Å². The van der Waals surface area contributed by atoms with E-state index in [1.807, 2.05) is 37.3 Å². The Morgan fingerprint density at radius 3 is 2.50 bits per heavy atom. The van der Waals surface area contributed by atoms with Gasteiger partial charge < -0.3 is 4.90 Å². The lowest BCUT2D eigenvalue weighted by Gasteiger charge is -2.19. The largest absolute Gasteiger partial charge is 0.303 e. The predicted molar refractivity (Wildman–Crippen MR) is 65.6 cm³/mol. The van der Waals surface area contributed by atoms with Crippen LogP contribution >= 0.6 is 0 Å². The topological polar surface area (TPSA) is 20.3 Å². The van der Waals surface area contributed by atoms with E-state index in [0.29, 0.717) is 0 Å². The highest BCUT2D eigenvalue weighted by Crippen LogP contribution is 2.14. The van der Waals surface area contributed by atoms with E-state index < -0.39 is 0 Å². The molecule has 2 nitrogen and oxygen atoms in total. The summed E-state index contributed by atoms with van der Waals surface area (Å²) in [6.07, 6.45) is 2.57. The van der Waals surface area contributed by atoms with Crippen LogP contribution in [0.5, 0.6) is 0 Å². The van der Waals surface area contributed by atoms with E-state index in [1.54, 1.807) is 0 Å². The molecule has 86 valence electrons. The lowest BCUT2D eigenvalue weighted by Crippen LogP contribution is -2.29. The maximum atomic E-state index is 12.1. The number of carbonyl (C=O) groups is 1. The van der Waals surface area contributed by atoms with Gasteiger partial charge in [-0.1, -0.05) is 37.3 Å². The molecule has 0 N–H and O–H groups in total. The molecule has 0 amide bonds. The van der Waals surface area contributed by atoms with Crippen LogP contribution in [0.1, 0.15) is 30.1 Å². The summed E-state index contributed by atoms with van der Waals surface area (Å²) in [5.41, 5.74) is 0.842. The molecule has 16 heavy (non-hydrogen) atoms. The highest BCUT2D eigenvalue weighted by molar-refractivity contribution is 5.97. The second kappa shape index (κ2) is 5.26. The fraction of sp³-hybridized carbons (Fsp3) is 0.500. The first-order chi connectivity index (χ1) is 7.77. The first-order valence-electron chi connectivity index (χ1n) is 6.09. The molecule has 1 aromatic carbocycles. The van der Waals surface area contributed by atoms with E-state index in [9.17, 15) is 4.79 Å². The van der Waals surface area contributed by atoms with Crippen LogP contribution in [0.25, 0.3) is 0 Å². The van der Waals surface area contributed by atoms with E-state index in [4.69, 9.17) is 0 Å². The van der Waals surface area contributed by atoms with E-state index in [1.165, 1.54) is 12.8 Å². The third kappa shape index (κ3) is 2.70. The number of benzene rings is 1. The molecule has 0 radical (unpaired) electrons. The Bertz CT molecular complexity index is 341. The van der Waals surface area contributed by atoms with Gasteiger partial charge in [0.05, 0.1) is 0 Å². The molecule has 1 aliphatic heterocycles.